The Balaban J connectivity index is 1.70. The Morgan fingerprint density at radius 2 is 1.52 bits per heavy atom. The van der Waals surface area contributed by atoms with Crippen LogP contribution < -0.4 is 9.83 Å². The minimum absolute atomic E-state index is 0.0514. The zero-order valence-electron chi connectivity index (χ0n) is 15.3. The molecule has 3 aromatic rings. The Morgan fingerprint density at radius 1 is 0.889 bits per heavy atom. The molecule has 0 fully saturated rings. The van der Waals surface area contributed by atoms with E-state index in [0.717, 1.165) is 11.1 Å². The number of carbonyl (C=O) groups excluding carboxylic acids is 1. The van der Waals surface area contributed by atoms with Crippen molar-refractivity contribution in [1.29, 1.82) is 0 Å². The third-order valence-electron chi connectivity index (χ3n) is 4.20. The summed E-state index contributed by atoms with van der Waals surface area (Å²) in [6.45, 7) is 1.99. The molecule has 0 bridgehead atoms. The first kappa shape index (κ1) is 19.1. The van der Waals surface area contributed by atoms with Crippen LogP contribution >= 0.6 is 7.60 Å². The van der Waals surface area contributed by atoms with Gasteiger partial charge in [0.2, 0.25) is 0 Å². The second-order valence-corrected chi connectivity index (χ2v) is 8.28. The summed E-state index contributed by atoms with van der Waals surface area (Å²) in [4.78, 5) is 12.4. The maximum atomic E-state index is 12.9. The molecule has 3 aromatic carbocycles. The highest BCUT2D eigenvalue weighted by Gasteiger charge is 2.27. The molecular formula is C22H21O4P. The van der Waals surface area contributed by atoms with Gasteiger partial charge in [0.25, 0.3) is 0 Å². The second-order valence-electron chi connectivity index (χ2n) is 6.22. The van der Waals surface area contributed by atoms with Gasteiger partial charge in [0.15, 0.2) is 5.78 Å². The zero-order chi connectivity index (χ0) is 19.3. The molecule has 1 unspecified atom stereocenters. The maximum absolute atomic E-state index is 12.9. The van der Waals surface area contributed by atoms with Crippen LogP contribution in [0.3, 0.4) is 0 Å². The largest absolute Gasteiger partial charge is 0.421 e. The van der Waals surface area contributed by atoms with Crippen molar-refractivity contribution < 1.29 is 18.4 Å². The summed E-state index contributed by atoms with van der Waals surface area (Å²) in [5, 5.41) is 0.492. The predicted octanol–water partition coefficient (Wildman–Crippen LogP) is 4.96. The molecule has 0 aliphatic rings. The van der Waals surface area contributed by atoms with Crippen LogP contribution in [-0.4, -0.2) is 12.9 Å². The summed E-state index contributed by atoms with van der Waals surface area (Å²) < 4.78 is 23.7. The molecule has 0 spiro atoms. The van der Waals surface area contributed by atoms with E-state index < -0.39 is 7.60 Å². The number of aryl methyl sites for hydroxylation is 1. The molecule has 1 atom stereocenters. The summed E-state index contributed by atoms with van der Waals surface area (Å²) in [5.41, 5.74) is 2.67. The molecule has 4 nitrogen and oxygen atoms in total. The van der Waals surface area contributed by atoms with E-state index in [0.29, 0.717) is 23.0 Å². The standard InChI is InChI=1S/C22H21O4P/c1-17-8-12-19(13-9-17)22(23)16-18-10-14-20(15-11-18)26-27(24,25-2)21-6-4-3-5-7-21/h3-15H,16H2,1-2H3. The molecule has 138 valence electrons. The quantitative estimate of drug-likeness (QED) is 0.429. The molecule has 0 heterocycles. The van der Waals surface area contributed by atoms with Crippen molar-refractivity contribution in [3.63, 3.8) is 0 Å². The lowest BCUT2D eigenvalue weighted by atomic mass is 10.0. The van der Waals surface area contributed by atoms with E-state index in [1.807, 2.05) is 37.3 Å². The summed E-state index contributed by atoms with van der Waals surface area (Å²) in [6, 6.07) is 23.3. The summed E-state index contributed by atoms with van der Waals surface area (Å²) in [7, 11) is -2.07. The molecule has 0 saturated heterocycles. The topological polar surface area (TPSA) is 52.6 Å². The fraction of sp³-hybridized carbons (Fsp3) is 0.136. The Kier molecular flexibility index (Phi) is 5.90. The van der Waals surface area contributed by atoms with Crippen molar-refractivity contribution in [2.75, 3.05) is 7.11 Å². The number of rotatable bonds is 7. The lowest BCUT2D eigenvalue weighted by molar-refractivity contribution is 0.0993. The van der Waals surface area contributed by atoms with E-state index in [4.69, 9.17) is 9.05 Å². The molecule has 27 heavy (non-hydrogen) atoms. The summed E-state index contributed by atoms with van der Waals surface area (Å²) in [6.07, 6.45) is 0.296. The number of carbonyl (C=O) groups is 1. The van der Waals surface area contributed by atoms with Crippen LogP contribution in [0.5, 0.6) is 5.75 Å². The molecule has 0 N–H and O–H groups in total. The van der Waals surface area contributed by atoms with Gasteiger partial charge in [0, 0.05) is 19.1 Å². The van der Waals surface area contributed by atoms with Crippen molar-refractivity contribution in [2.24, 2.45) is 0 Å². The van der Waals surface area contributed by atoms with Crippen LogP contribution in [0.4, 0.5) is 0 Å². The summed E-state index contributed by atoms with van der Waals surface area (Å²) in [5.74, 6) is 0.478. The van der Waals surface area contributed by atoms with Crippen LogP contribution in [0.2, 0.25) is 0 Å². The Morgan fingerprint density at radius 3 is 2.11 bits per heavy atom. The predicted molar refractivity (Wildman–Crippen MR) is 107 cm³/mol. The number of Topliss-reactive ketones (excluding diaryl/α,β-unsaturated/α-hetero) is 1. The third-order valence-corrected chi connectivity index (χ3v) is 6.06. The minimum atomic E-state index is -3.44. The first-order chi connectivity index (χ1) is 13.0. The van der Waals surface area contributed by atoms with E-state index in [9.17, 15) is 9.36 Å². The summed E-state index contributed by atoms with van der Waals surface area (Å²) >= 11 is 0. The number of ketones is 1. The highest BCUT2D eigenvalue weighted by molar-refractivity contribution is 7.62. The molecule has 0 radical (unpaired) electrons. The van der Waals surface area contributed by atoms with Crippen LogP contribution in [0.15, 0.2) is 78.9 Å². The van der Waals surface area contributed by atoms with Gasteiger partial charge < -0.3 is 4.52 Å². The minimum Gasteiger partial charge on any atom is -0.421 e. The lowest BCUT2D eigenvalue weighted by Gasteiger charge is -2.17. The van der Waals surface area contributed by atoms with Crippen molar-refractivity contribution in [1.82, 2.24) is 0 Å². The van der Waals surface area contributed by atoms with Crippen molar-refractivity contribution in [3.8, 4) is 5.75 Å². The first-order valence-electron chi connectivity index (χ1n) is 8.60. The highest BCUT2D eigenvalue weighted by Crippen LogP contribution is 2.46. The lowest BCUT2D eigenvalue weighted by Crippen LogP contribution is -2.10. The van der Waals surface area contributed by atoms with E-state index in [1.165, 1.54) is 7.11 Å². The van der Waals surface area contributed by atoms with E-state index in [2.05, 4.69) is 0 Å². The number of hydrogen-bond donors (Lipinski definition) is 0. The smallest absolute Gasteiger partial charge is 0.410 e. The SMILES string of the molecule is COP(=O)(Oc1ccc(CC(=O)c2ccc(C)cc2)cc1)c1ccccc1. The Hall–Kier alpha value is -2.68. The van der Waals surface area contributed by atoms with Crippen LogP contribution in [0.1, 0.15) is 21.5 Å². The molecule has 5 heteroatoms. The number of benzene rings is 3. The van der Waals surface area contributed by atoms with Gasteiger partial charge >= 0.3 is 7.60 Å². The monoisotopic (exact) mass is 380 g/mol. The molecule has 3 rings (SSSR count). The zero-order valence-corrected chi connectivity index (χ0v) is 16.2. The van der Waals surface area contributed by atoms with E-state index in [1.54, 1.807) is 48.5 Å². The fourth-order valence-corrected chi connectivity index (χ4v) is 3.97. The van der Waals surface area contributed by atoms with E-state index in [-0.39, 0.29) is 5.78 Å². The van der Waals surface area contributed by atoms with Gasteiger partial charge in [-0.3, -0.25) is 9.32 Å². The van der Waals surface area contributed by atoms with Gasteiger partial charge in [0.1, 0.15) is 5.75 Å². The molecular weight excluding hydrogens is 359 g/mol. The van der Waals surface area contributed by atoms with Crippen LogP contribution in [0, 0.1) is 6.92 Å². The van der Waals surface area contributed by atoms with Gasteiger partial charge in [-0.25, -0.2) is 4.57 Å². The van der Waals surface area contributed by atoms with Crippen LogP contribution in [-0.2, 0) is 15.5 Å². The van der Waals surface area contributed by atoms with E-state index >= 15 is 0 Å². The molecule has 0 aliphatic carbocycles. The fourth-order valence-electron chi connectivity index (χ4n) is 2.64. The van der Waals surface area contributed by atoms with Crippen molar-refractivity contribution in [2.45, 2.75) is 13.3 Å². The molecule has 0 amide bonds. The van der Waals surface area contributed by atoms with Gasteiger partial charge in [-0.2, -0.15) is 0 Å². The van der Waals surface area contributed by atoms with Gasteiger partial charge in [-0.1, -0.05) is 60.2 Å². The normalized spacial score (nSPS) is 13.0. The van der Waals surface area contributed by atoms with Crippen molar-refractivity contribution in [3.05, 3.63) is 95.6 Å². The maximum Gasteiger partial charge on any atom is 0.410 e. The van der Waals surface area contributed by atoms with Gasteiger partial charge in [-0.05, 0) is 36.8 Å². The van der Waals surface area contributed by atoms with Crippen LogP contribution in [0.25, 0.3) is 0 Å². The van der Waals surface area contributed by atoms with Crippen molar-refractivity contribution >= 4 is 18.7 Å². The third kappa shape index (κ3) is 4.73. The molecule has 0 aromatic heterocycles. The molecule has 0 aliphatic heterocycles. The highest BCUT2D eigenvalue weighted by atomic mass is 31.2. The molecule has 0 saturated carbocycles. The van der Waals surface area contributed by atoms with Gasteiger partial charge in [-0.15, -0.1) is 0 Å². The average molecular weight is 380 g/mol. The van der Waals surface area contributed by atoms with Gasteiger partial charge in [0.05, 0.1) is 5.30 Å². The first-order valence-corrected chi connectivity index (χ1v) is 10.1. The second kappa shape index (κ2) is 8.34. The average Bonchev–Trinajstić information content (AvgIpc) is 2.70. The Labute approximate surface area is 159 Å². The Bertz CT molecular complexity index is 948. The number of hydrogen-bond acceptors (Lipinski definition) is 4.